The Hall–Kier alpha value is -1.41. The summed E-state index contributed by atoms with van der Waals surface area (Å²) in [5.74, 6) is 0. The van der Waals surface area contributed by atoms with Crippen molar-refractivity contribution < 1.29 is 0 Å². The van der Waals surface area contributed by atoms with Crippen LogP contribution in [0.5, 0.6) is 0 Å². The van der Waals surface area contributed by atoms with Crippen molar-refractivity contribution in [1.29, 1.82) is 0 Å². The van der Waals surface area contributed by atoms with Gasteiger partial charge in [-0.1, -0.05) is 25.1 Å². The molecule has 0 radical (unpaired) electrons. The average molecular weight is 214 g/mol. The van der Waals surface area contributed by atoms with E-state index in [1.165, 1.54) is 16.5 Å². The van der Waals surface area contributed by atoms with E-state index in [-0.39, 0.29) is 0 Å². The molecule has 2 aromatic rings. The second-order valence-corrected chi connectivity index (χ2v) is 4.10. The van der Waals surface area contributed by atoms with Crippen molar-refractivity contribution in [2.45, 2.75) is 27.3 Å². The van der Waals surface area contributed by atoms with Crippen molar-refractivity contribution in [3.8, 4) is 0 Å². The Morgan fingerprint density at radius 1 is 1.19 bits per heavy atom. The van der Waals surface area contributed by atoms with E-state index in [4.69, 9.17) is 0 Å². The molecule has 0 saturated heterocycles. The van der Waals surface area contributed by atoms with E-state index in [1.807, 2.05) is 6.07 Å². The quantitative estimate of drug-likeness (QED) is 0.849. The van der Waals surface area contributed by atoms with Crippen molar-refractivity contribution in [1.82, 2.24) is 10.3 Å². The monoisotopic (exact) mass is 214 g/mol. The molecule has 16 heavy (non-hydrogen) atoms. The maximum absolute atomic E-state index is 4.62. The highest BCUT2D eigenvalue weighted by molar-refractivity contribution is 5.83. The van der Waals surface area contributed by atoms with Gasteiger partial charge in [0, 0.05) is 17.6 Å². The number of aromatic nitrogens is 1. The van der Waals surface area contributed by atoms with Gasteiger partial charge >= 0.3 is 0 Å². The van der Waals surface area contributed by atoms with Gasteiger partial charge in [-0.15, -0.1) is 0 Å². The molecule has 0 fully saturated rings. The Morgan fingerprint density at radius 3 is 2.69 bits per heavy atom. The van der Waals surface area contributed by atoms with Crippen LogP contribution in [0, 0.1) is 13.8 Å². The van der Waals surface area contributed by atoms with Gasteiger partial charge in [0.05, 0.1) is 5.52 Å². The summed E-state index contributed by atoms with van der Waals surface area (Å²) < 4.78 is 0. The first-order valence-corrected chi connectivity index (χ1v) is 5.79. The lowest BCUT2D eigenvalue weighted by Crippen LogP contribution is -2.14. The van der Waals surface area contributed by atoms with Crippen LogP contribution in [0.4, 0.5) is 0 Å². The van der Waals surface area contributed by atoms with Crippen molar-refractivity contribution in [2.24, 2.45) is 0 Å². The summed E-state index contributed by atoms with van der Waals surface area (Å²) >= 11 is 0. The predicted octanol–water partition coefficient (Wildman–Crippen LogP) is 2.96. The van der Waals surface area contributed by atoms with Crippen LogP contribution in [0.3, 0.4) is 0 Å². The standard InChI is InChI=1S/C14H18N2/c1-4-15-9-13-10(2)11(3)16-14-8-6-5-7-12(13)14/h5-8,15H,4,9H2,1-3H3. The molecule has 0 aliphatic rings. The first-order chi connectivity index (χ1) is 7.74. The lowest BCUT2D eigenvalue weighted by molar-refractivity contribution is 0.726. The summed E-state index contributed by atoms with van der Waals surface area (Å²) in [5, 5.41) is 4.67. The number of nitrogens with zero attached hydrogens (tertiary/aromatic N) is 1. The fraction of sp³-hybridized carbons (Fsp3) is 0.357. The van der Waals surface area contributed by atoms with Gasteiger partial charge < -0.3 is 5.32 Å². The molecule has 84 valence electrons. The van der Waals surface area contributed by atoms with Gasteiger partial charge in [0.2, 0.25) is 0 Å². The van der Waals surface area contributed by atoms with Crippen molar-refractivity contribution in [3.05, 3.63) is 41.1 Å². The van der Waals surface area contributed by atoms with Gasteiger partial charge in [-0.25, -0.2) is 0 Å². The molecule has 0 bridgehead atoms. The molecular formula is C14H18N2. The number of benzene rings is 1. The molecule has 1 aromatic carbocycles. The van der Waals surface area contributed by atoms with Gasteiger partial charge in [-0.2, -0.15) is 0 Å². The third-order valence-corrected chi connectivity index (χ3v) is 3.06. The highest BCUT2D eigenvalue weighted by Gasteiger charge is 2.07. The Balaban J connectivity index is 2.61. The lowest BCUT2D eigenvalue weighted by Gasteiger charge is -2.12. The number of pyridine rings is 1. The van der Waals surface area contributed by atoms with Crippen molar-refractivity contribution >= 4 is 10.9 Å². The highest BCUT2D eigenvalue weighted by atomic mass is 14.8. The minimum absolute atomic E-state index is 0.923. The smallest absolute Gasteiger partial charge is 0.0708 e. The second-order valence-electron chi connectivity index (χ2n) is 4.10. The summed E-state index contributed by atoms with van der Waals surface area (Å²) in [4.78, 5) is 4.62. The zero-order chi connectivity index (χ0) is 11.5. The number of fused-ring (bicyclic) bond motifs is 1. The molecule has 0 unspecified atom stereocenters. The molecule has 2 heteroatoms. The Labute approximate surface area is 96.7 Å². The van der Waals surface area contributed by atoms with Crippen LogP contribution in [0.15, 0.2) is 24.3 Å². The van der Waals surface area contributed by atoms with E-state index in [1.54, 1.807) is 0 Å². The van der Waals surface area contributed by atoms with E-state index in [0.29, 0.717) is 0 Å². The average Bonchev–Trinajstić information content (AvgIpc) is 2.30. The molecule has 0 amide bonds. The molecule has 0 atom stereocenters. The van der Waals surface area contributed by atoms with Crippen LogP contribution < -0.4 is 5.32 Å². The van der Waals surface area contributed by atoms with Crippen LogP contribution in [0.1, 0.15) is 23.7 Å². The molecule has 1 aromatic heterocycles. The SMILES string of the molecule is CCNCc1c(C)c(C)nc2ccccc12. The fourth-order valence-corrected chi connectivity index (χ4v) is 1.99. The summed E-state index contributed by atoms with van der Waals surface area (Å²) in [5.41, 5.74) is 4.91. The van der Waals surface area contributed by atoms with Crippen molar-refractivity contribution in [2.75, 3.05) is 6.54 Å². The van der Waals surface area contributed by atoms with Gasteiger partial charge in [-0.05, 0) is 37.6 Å². The van der Waals surface area contributed by atoms with E-state index >= 15 is 0 Å². The van der Waals surface area contributed by atoms with Crippen LogP contribution in [-0.4, -0.2) is 11.5 Å². The summed E-state index contributed by atoms with van der Waals surface area (Å²) in [6.45, 7) is 8.28. The molecule has 1 N–H and O–H groups in total. The Bertz CT molecular complexity index is 503. The molecule has 0 spiro atoms. The highest BCUT2D eigenvalue weighted by Crippen LogP contribution is 2.22. The summed E-state index contributed by atoms with van der Waals surface area (Å²) in [6.07, 6.45) is 0. The molecule has 0 saturated carbocycles. The molecule has 0 aliphatic carbocycles. The third kappa shape index (κ3) is 1.93. The Kier molecular flexibility index (Phi) is 3.20. The second kappa shape index (κ2) is 4.62. The minimum atomic E-state index is 0.923. The maximum Gasteiger partial charge on any atom is 0.0708 e. The molecule has 2 rings (SSSR count). The molecular weight excluding hydrogens is 196 g/mol. The van der Waals surface area contributed by atoms with E-state index in [2.05, 4.69) is 49.3 Å². The van der Waals surface area contributed by atoms with Crippen LogP contribution in [-0.2, 0) is 6.54 Å². The van der Waals surface area contributed by atoms with Gasteiger partial charge in [0.1, 0.15) is 0 Å². The van der Waals surface area contributed by atoms with Gasteiger partial charge in [0.25, 0.3) is 0 Å². The topological polar surface area (TPSA) is 24.9 Å². The summed E-state index contributed by atoms with van der Waals surface area (Å²) in [6, 6.07) is 8.36. The van der Waals surface area contributed by atoms with Crippen LogP contribution in [0.25, 0.3) is 10.9 Å². The molecule has 1 heterocycles. The Morgan fingerprint density at radius 2 is 1.94 bits per heavy atom. The number of para-hydroxylation sites is 1. The predicted molar refractivity (Wildman–Crippen MR) is 68.6 cm³/mol. The molecule has 0 aliphatic heterocycles. The number of hydrogen-bond donors (Lipinski definition) is 1. The fourth-order valence-electron chi connectivity index (χ4n) is 1.99. The van der Waals surface area contributed by atoms with E-state index < -0.39 is 0 Å². The maximum atomic E-state index is 4.62. The third-order valence-electron chi connectivity index (χ3n) is 3.06. The van der Waals surface area contributed by atoms with Gasteiger partial charge in [-0.3, -0.25) is 4.98 Å². The van der Waals surface area contributed by atoms with Gasteiger partial charge in [0.15, 0.2) is 0 Å². The first-order valence-electron chi connectivity index (χ1n) is 5.79. The summed E-state index contributed by atoms with van der Waals surface area (Å²) in [7, 11) is 0. The van der Waals surface area contributed by atoms with Crippen LogP contribution in [0.2, 0.25) is 0 Å². The zero-order valence-corrected chi connectivity index (χ0v) is 10.2. The van der Waals surface area contributed by atoms with E-state index in [9.17, 15) is 0 Å². The van der Waals surface area contributed by atoms with E-state index in [0.717, 1.165) is 24.3 Å². The van der Waals surface area contributed by atoms with Crippen molar-refractivity contribution in [3.63, 3.8) is 0 Å². The first kappa shape index (κ1) is 11.1. The normalized spacial score (nSPS) is 10.9. The molecule has 2 nitrogen and oxygen atoms in total. The largest absolute Gasteiger partial charge is 0.313 e. The zero-order valence-electron chi connectivity index (χ0n) is 10.2. The number of hydrogen-bond acceptors (Lipinski definition) is 2. The minimum Gasteiger partial charge on any atom is -0.313 e. The lowest BCUT2D eigenvalue weighted by atomic mass is 10.0. The number of nitrogens with one attached hydrogen (secondary N) is 1. The van der Waals surface area contributed by atoms with Crippen LogP contribution >= 0.6 is 0 Å². The number of aryl methyl sites for hydroxylation is 1. The number of rotatable bonds is 3.